The standard InChI is InChI=1S/C17H17N3O2S/c1-11(2)22-15-12(7-6-10-18-15)16(21)20(3)17-19-13-8-4-5-9-14(13)23-17/h4-11H,1-3H3. The molecule has 0 N–H and O–H groups in total. The molecule has 0 atom stereocenters. The molecular formula is C17H17N3O2S. The largest absolute Gasteiger partial charge is 0.474 e. The molecule has 1 aromatic carbocycles. The highest BCUT2D eigenvalue weighted by molar-refractivity contribution is 7.22. The molecule has 5 nitrogen and oxygen atoms in total. The summed E-state index contributed by atoms with van der Waals surface area (Å²) in [5, 5.41) is 0.649. The first-order valence-corrected chi connectivity index (χ1v) is 8.13. The number of nitrogens with zero attached hydrogens (tertiary/aromatic N) is 3. The average Bonchev–Trinajstić information content (AvgIpc) is 2.97. The number of aromatic nitrogens is 2. The van der Waals surface area contributed by atoms with Crippen LogP contribution in [0.3, 0.4) is 0 Å². The number of para-hydroxylation sites is 1. The number of hydrogen-bond acceptors (Lipinski definition) is 5. The highest BCUT2D eigenvalue weighted by Gasteiger charge is 2.21. The molecule has 118 valence electrons. The molecule has 3 rings (SSSR count). The topological polar surface area (TPSA) is 55.3 Å². The fourth-order valence-corrected chi connectivity index (χ4v) is 3.07. The number of rotatable bonds is 4. The molecule has 0 aliphatic heterocycles. The van der Waals surface area contributed by atoms with Crippen molar-refractivity contribution < 1.29 is 9.53 Å². The Balaban J connectivity index is 1.93. The van der Waals surface area contributed by atoms with E-state index in [1.54, 1.807) is 25.4 Å². The van der Waals surface area contributed by atoms with Crippen molar-refractivity contribution in [2.75, 3.05) is 11.9 Å². The van der Waals surface area contributed by atoms with Gasteiger partial charge >= 0.3 is 0 Å². The lowest BCUT2D eigenvalue weighted by Crippen LogP contribution is -2.27. The molecule has 23 heavy (non-hydrogen) atoms. The van der Waals surface area contributed by atoms with E-state index in [1.807, 2.05) is 38.1 Å². The van der Waals surface area contributed by atoms with Gasteiger partial charge < -0.3 is 4.74 Å². The first-order chi connectivity index (χ1) is 11.1. The van der Waals surface area contributed by atoms with Crippen LogP contribution in [-0.4, -0.2) is 29.0 Å². The van der Waals surface area contributed by atoms with Gasteiger partial charge in [0.05, 0.1) is 16.3 Å². The van der Waals surface area contributed by atoms with Gasteiger partial charge in [0.25, 0.3) is 5.91 Å². The lowest BCUT2D eigenvalue weighted by Gasteiger charge is -2.17. The van der Waals surface area contributed by atoms with Gasteiger partial charge in [0.1, 0.15) is 5.56 Å². The molecule has 2 aromatic heterocycles. The lowest BCUT2D eigenvalue weighted by atomic mass is 10.2. The summed E-state index contributed by atoms with van der Waals surface area (Å²) in [7, 11) is 1.71. The Morgan fingerprint density at radius 2 is 2.00 bits per heavy atom. The highest BCUT2D eigenvalue weighted by atomic mass is 32.1. The Morgan fingerprint density at radius 1 is 1.22 bits per heavy atom. The maximum Gasteiger partial charge on any atom is 0.265 e. The van der Waals surface area contributed by atoms with Gasteiger partial charge in [-0.15, -0.1) is 0 Å². The van der Waals surface area contributed by atoms with Gasteiger partial charge in [0, 0.05) is 13.2 Å². The molecule has 0 spiro atoms. The Bertz CT molecular complexity index is 811. The number of thiazole rings is 1. The first kappa shape index (κ1) is 15.4. The fraction of sp³-hybridized carbons (Fsp3) is 0.235. The number of hydrogen-bond donors (Lipinski definition) is 0. The maximum absolute atomic E-state index is 12.8. The van der Waals surface area contributed by atoms with Crippen molar-refractivity contribution >= 4 is 32.6 Å². The molecule has 0 bridgehead atoms. The summed E-state index contributed by atoms with van der Waals surface area (Å²) < 4.78 is 6.68. The third-order valence-corrected chi connectivity index (χ3v) is 4.34. The number of carbonyl (C=O) groups excluding carboxylic acids is 1. The smallest absolute Gasteiger partial charge is 0.265 e. The van der Waals surface area contributed by atoms with Crippen molar-refractivity contribution in [3.05, 3.63) is 48.2 Å². The Hall–Kier alpha value is -2.47. The second-order valence-corrected chi connectivity index (χ2v) is 6.36. The van der Waals surface area contributed by atoms with Gasteiger partial charge in [-0.05, 0) is 38.1 Å². The molecule has 0 radical (unpaired) electrons. The second-order valence-electron chi connectivity index (χ2n) is 5.35. The second kappa shape index (κ2) is 6.34. The number of amides is 1. The van der Waals surface area contributed by atoms with E-state index < -0.39 is 0 Å². The minimum Gasteiger partial charge on any atom is -0.474 e. The lowest BCUT2D eigenvalue weighted by molar-refractivity contribution is 0.0986. The third-order valence-electron chi connectivity index (χ3n) is 3.22. The minimum absolute atomic E-state index is 0.0517. The summed E-state index contributed by atoms with van der Waals surface area (Å²) in [4.78, 5) is 23.0. The van der Waals surface area contributed by atoms with Crippen LogP contribution in [0.1, 0.15) is 24.2 Å². The molecule has 0 fully saturated rings. The van der Waals surface area contributed by atoms with E-state index in [1.165, 1.54) is 16.2 Å². The van der Waals surface area contributed by atoms with Crippen LogP contribution >= 0.6 is 11.3 Å². The van der Waals surface area contributed by atoms with Gasteiger partial charge in [-0.3, -0.25) is 9.69 Å². The van der Waals surface area contributed by atoms with Crippen LogP contribution in [0, 0.1) is 0 Å². The first-order valence-electron chi connectivity index (χ1n) is 7.31. The molecule has 0 aliphatic rings. The molecule has 0 saturated heterocycles. The van der Waals surface area contributed by atoms with E-state index in [4.69, 9.17) is 4.74 Å². The zero-order valence-electron chi connectivity index (χ0n) is 13.2. The molecule has 2 heterocycles. The Kier molecular flexibility index (Phi) is 4.25. The van der Waals surface area contributed by atoms with E-state index in [-0.39, 0.29) is 12.0 Å². The van der Waals surface area contributed by atoms with Crippen molar-refractivity contribution in [2.24, 2.45) is 0 Å². The van der Waals surface area contributed by atoms with E-state index in [2.05, 4.69) is 9.97 Å². The van der Waals surface area contributed by atoms with E-state index >= 15 is 0 Å². The van der Waals surface area contributed by atoms with Gasteiger partial charge in [0.2, 0.25) is 5.88 Å². The zero-order valence-corrected chi connectivity index (χ0v) is 14.0. The van der Waals surface area contributed by atoms with Crippen LogP contribution in [0.2, 0.25) is 0 Å². The Morgan fingerprint density at radius 3 is 2.74 bits per heavy atom. The maximum atomic E-state index is 12.8. The van der Waals surface area contributed by atoms with Crippen LogP contribution < -0.4 is 9.64 Å². The number of fused-ring (bicyclic) bond motifs is 1. The molecular weight excluding hydrogens is 310 g/mol. The summed E-state index contributed by atoms with van der Waals surface area (Å²) in [6, 6.07) is 11.3. The molecule has 1 amide bonds. The van der Waals surface area contributed by atoms with Gasteiger partial charge in [0.15, 0.2) is 5.13 Å². The monoisotopic (exact) mass is 327 g/mol. The zero-order chi connectivity index (χ0) is 16.4. The van der Waals surface area contributed by atoms with Crippen molar-refractivity contribution in [3.8, 4) is 5.88 Å². The molecule has 0 aliphatic carbocycles. The number of pyridine rings is 1. The normalized spacial score (nSPS) is 11.0. The summed E-state index contributed by atoms with van der Waals surface area (Å²) in [6.45, 7) is 3.81. The summed E-state index contributed by atoms with van der Waals surface area (Å²) in [5.41, 5.74) is 1.32. The number of ether oxygens (including phenoxy) is 1. The number of benzene rings is 1. The van der Waals surface area contributed by atoms with Crippen LogP contribution in [0.25, 0.3) is 10.2 Å². The van der Waals surface area contributed by atoms with Crippen molar-refractivity contribution in [1.29, 1.82) is 0 Å². The van der Waals surface area contributed by atoms with Crippen LogP contribution in [0.4, 0.5) is 5.13 Å². The van der Waals surface area contributed by atoms with Crippen LogP contribution in [0.15, 0.2) is 42.6 Å². The number of carbonyl (C=O) groups is 1. The fourth-order valence-electron chi connectivity index (χ4n) is 2.14. The summed E-state index contributed by atoms with van der Waals surface area (Å²) >= 11 is 1.48. The predicted octanol–water partition coefficient (Wildman–Crippen LogP) is 3.76. The quantitative estimate of drug-likeness (QED) is 0.732. The molecule has 0 saturated carbocycles. The molecule has 6 heteroatoms. The Labute approximate surface area is 138 Å². The van der Waals surface area contributed by atoms with Crippen molar-refractivity contribution in [3.63, 3.8) is 0 Å². The van der Waals surface area contributed by atoms with E-state index in [0.717, 1.165) is 10.2 Å². The van der Waals surface area contributed by atoms with Crippen LogP contribution in [0.5, 0.6) is 5.88 Å². The van der Waals surface area contributed by atoms with Gasteiger partial charge in [-0.1, -0.05) is 23.5 Å². The predicted molar refractivity (Wildman–Crippen MR) is 92.4 cm³/mol. The van der Waals surface area contributed by atoms with E-state index in [9.17, 15) is 4.79 Å². The SMILES string of the molecule is CC(C)Oc1ncccc1C(=O)N(C)c1nc2ccccc2s1. The number of anilines is 1. The summed E-state index contributed by atoms with van der Waals surface area (Å²) in [6.07, 6.45) is 1.57. The highest BCUT2D eigenvalue weighted by Crippen LogP contribution is 2.29. The van der Waals surface area contributed by atoms with Crippen LogP contribution in [-0.2, 0) is 0 Å². The summed E-state index contributed by atoms with van der Waals surface area (Å²) in [5.74, 6) is 0.160. The average molecular weight is 327 g/mol. The van der Waals surface area contributed by atoms with Gasteiger partial charge in [-0.25, -0.2) is 9.97 Å². The van der Waals surface area contributed by atoms with Crippen molar-refractivity contribution in [2.45, 2.75) is 20.0 Å². The molecule has 0 unspecified atom stereocenters. The van der Waals surface area contributed by atoms with E-state index in [0.29, 0.717) is 16.6 Å². The van der Waals surface area contributed by atoms with Gasteiger partial charge in [-0.2, -0.15) is 0 Å². The third kappa shape index (κ3) is 3.17. The van der Waals surface area contributed by atoms with Crippen molar-refractivity contribution in [1.82, 2.24) is 9.97 Å². The molecule has 3 aromatic rings. The minimum atomic E-state index is -0.187.